The molecule has 6 rings (SSSR count). The van der Waals surface area contributed by atoms with Crippen LogP contribution >= 0.6 is 0 Å². The van der Waals surface area contributed by atoms with E-state index in [1.165, 1.54) is 7.11 Å². The number of hydrogen-bond acceptors (Lipinski definition) is 10. The normalized spacial score (nSPS) is 19.2. The fourth-order valence-electron chi connectivity index (χ4n) is 4.62. The van der Waals surface area contributed by atoms with Crippen LogP contribution < -0.4 is 40.2 Å². The highest BCUT2D eigenvalue weighted by Gasteiger charge is 2.37. The molecule has 4 heterocycles. The number of aryl methyl sites for hydroxylation is 1. The molecule has 4 bridgehead atoms. The van der Waals surface area contributed by atoms with Gasteiger partial charge in [-0.05, 0) is 31.2 Å². The highest BCUT2D eigenvalue weighted by molar-refractivity contribution is 5.95. The first-order chi connectivity index (χ1) is 18.8. The predicted octanol–water partition coefficient (Wildman–Crippen LogP) is 1.46. The van der Waals surface area contributed by atoms with Crippen LogP contribution in [-0.2, 0) is 11.3 Å². The van der Waals surface area contributed by atoms with Gasteiger partial charge in [0.2, 0.25) is 5.95 Å². The second kappa shape index (κ2) is 10.9. The standard InChI is InChI=1S/C27H30N6O6/c1-15-6-24(32-27(28)30-15)33-12-21-23(13-33)39-18-5-4-16(22(10-18)37-3)11-29-25(34)14-38-20-8-17(26(35)31-21)7-19(9-20)36-2/h4-10,21,23H,11-14H2,1-3H3,(H,29,34)(H,31,35)(H2,28,30,32)/t21-,23-/m0/s1. The fourth-order valence-corrected chi connectivity index (χ4v) is 4.62. The first-order valence-electron chi connectivity index (χ1n) is 12.4. The van der Waals surface area contributed by atoms with Crippen LogP contribution in [0.3, 0.4) is 0 Å². The summed E-state index contributed by atoms with van der Waals surface area (Å²) in [5.74, 6) is 2.01. The minimum absolute atomic E-state index is 0.174. The lowest BCUT2D eigenvalue weighted by Crippen LogP contribution is -2.45. The average molecular weight is 535 g/mol. The van der Waals surface area contributed by atoms with E-state index in [1.807, 2.05) is 24.0 Å². The van der Waals surface area contributed by atoms with Gasteiger partial charge in [0.1, 0.15) is 34.9 Å². The molecular formula is C27H30N6O6. The minimum atomic E-state index is -0.433. The molecule has 1 fully saturated rings. The van der Waals surface area contributed by atoms with Gasteiger partial charge in [-0.25, -0.2) is 4.98 Å². The summed E-state index contributed by atoms with van der Waals surface area (Å²) < 4.78 is 23.0. The van der Waals surface area contributed by atoms with Gasteiger partial charge in [-0.3, -0.25) is 9.59 Å². The number of nitrogen functional groups attached to an aromatic ring is 1. The maximum Gasteiger partial charge on any atom is 0.258 e. The Morgan fingerprint density at radius 3 is 2.64 bits per heavy atom. The number of nitrogens with one attached hydrogen (secondary N) is 2. The Labute approximate surface area is 225 Å². The van der Waals surface area contributed by atoms with Crippen molar-refractivity contribution < 1.29 is 28.5 Å². The Morgan fingerprint density at radius 1 is 1.03 bits per heavy atom. The molecule has 39 heavy (non-hydrogen) atoms. The van der Waals surface area contributed by atoms with Crippen molar-refractivity contribution >= 4 is 23.6 Å². The quantitative estimate of drug-likeness (QED) is 0.451. The van der Waals surface area contributed by atoms with Gasteiger partial charge >= 0.3 is 0 Å². The van der Waals surface area contributed by atoms with Gasteiger partial charge in [0.25, 0.3) is 11.8 Å². The monoisotopic (exact) mass is 534 g/mol. The van der Waals surface area contributed by atoms with E-state index in [0.717, 1.165) is 11.3 Å². The zero-order chi connectivity index (χ0) is 27.5. The number of hydrogen-bond donors (Lipinski definition) is 3. The molecule has 1 saturated heterocycles. The molecule has 0 saturated carbocycles. The van der Waals surface area contributed by atoms with E-state index < -0.39 is 12.1 Å². The van der Waals surface area contributed by atoms with E-state index in [4.69, 9.17) is 24.7 Å². The number of anilines is 2. The van der Waals surface area contributed by atoms with Crippen molar-refractivity contribution in [3.8, 4) is 23.0 Å². The summed E-state index contributed by atoms with van der Waals surface area (Å²) in [6.45, 7) is 2.71. The summed E-state index contributed by atoms with van der Waals surface area (Å²) in [5, 5.41) is 5.91. The van der Waals surface area contributed by atoms with Gasteiger partial charge in [0, 0.05) is 48.1 Å². The fraction of sp³-hybridized carbons (Fsp3) is 0.333. The van der Waals surface area contributed by atoms with Crippen molar-refractivity contribution in [3.05, 3.63) is 59.3 Å². The third-order valence-corrected chi connectivity index (χ3v) is 6.53. The number of carbonyl (C=O) groups excluding carboxylic acids is 2. The number of aromatic nitrogens is 2. The molecule has 204 valence electrons. The number of methoxy groups -OCH3 is 2. The maximum absolute atomic E-state index is 13.4. The van der Waals surface area contributed by atoms with Crippen LogP contribution in [0.5, 0.6) is 23.0 Å². The van der Waals surface area contributed by atoms with Crippen LogP contribution in [0, 0.1) is 6.92 Å². The molecule has 2 aromatic carbocycles. The molecule has 3 aliphatic rings. The molecule has 12 heteroatoms. The van der Waals surface area contributed by atoms with Crippen LogP contribution in [0.2, 0.25) is 0 Å². The van der Waals surface area contributed by atoms with Gasteiger partial charge in [-0.2, -0.15) is 4.98 Å². The van der Waals surface area contributed by atoms with E-state index >= 15 is 0 Å². The third kappa shape index (κ3) is 5.89. The Balaban J connectivity index is 1.51. The van der Waals surface area contributed by atoms with E-state index in [-0.39, 0.29) is 30.9 Å². The molecule has 0 spiro atoms. The molecule has 12 nitrogen and oxygen atoms in total. The first-order valence-corrected chi connectivity index (χ1v) is 12.4. The zero-order valence-corrected chi connectivity index (χ0v) is 21.9. The highest BCUT2D eigenvalue weighted by Crippen LogP contribution is 2.29. The van der Waals surface area contributed by atoms with Crippen LogP contribution in [0.25, 0.3) is 0 Å². The molecule has 2 amide bonds. The van der Waals surface area contributed by atoms with E-state index in [2.05, 4.69) is 20.6 Å². The number of benzene rings is 2. The molecule has 0 unspecified atom stereocenters. The van der Waals surface area contributed by atoms with Crippen LogP contribution in [-0.4, -0.2) is 67.8 Å². The minimum Gasteiger partial charge on any atom is -0.497 e. The van der Waals surface area contributed by atoms with Crippen LogP contribution in [0.15, 0.2) is 42.5 Å². The lowest BCUT2D eigenvalue weighted by atomic mass is 10.1. The number of carbonyl (C=O) groups is 2. The molecule has 0 aliphatic carbocycles. The Kier molecular flexibility index (Phi) is 7.26. The lowest BCUT2D eigenvalue weighted by molar-refractivity contribution is -0.123. The molecule has 2 atom stereocenters. The molecule has 1 aromatic heterocycles. The van der Waals surface area contributed by atoms with Crippen molar-refractivity contribution in [1.29, 1.82) is 0 Å². The van der Waals surface area contributed by atoms with Gasteiger partial charge in [0.05, 0.1) is 26.8 Å². The number of amides is 2. The van der Waals surface area contributed by atoms with Crippen molar-refractivity contribution in [2.45, 2.75) is 25.6 Å². The zero-order valence-electron chi connectivity index (χ0n) is 21.9. The smallest absolute Gasteiger partial charge is 0.258 e. The molecular weight excluding hydrogens is 504 g/mol. The summed E-state index contributed by atoms with van der Waals surface area (Å²) >= 11 is 0. The van der Waals surface area contributed by atoms with Crippen LogP contribution in [0.1, 0.15) is 21.6 Å². The van der Waals surface area contributed by atoms with Gasteiger partial charge in [-0.15, -0.1) is 0 Å². The van der Waals surface area contributed by atoms with Crippen molar-refractivity contribution in [1.82, 2.24) is 20.6 Å². The summed E-state index contributed by atoms with van der Waals surface area (Å²) in [6.07, 6.45) is -0.433. The Bertz CT molecular complexity index is 1380. The largest absolute Gasteiger partial charge is 0.497 e. The molecule has 4 N–H and O–H groups in total. The number of ether oxygens (including phenoxy) is 4. The van der Waals surface area contributed by atoms with Crippen molar-refractivity contribution in [3.63, 3.8) is 0 Å². The second-order valence-electron chi connectivity index (χ2n) is 9.30. The predicted molar refractivity (Wildman–Crippen MR) is 142 cm³/mol. The van der Waals surface area contributed by atoms with Crippen molar-refractivity contribution in [2.24, 2.45) is 0 Å². The van der Waals surface area contributed by atoms with Gasteiger partial charge < -0.3 is 40.2 Å². The third-order valence-electron chi connectivity index (χ3n) is 6.53. The van der Waals surface area contributed by atoms with E-state index in [0.29, 0.717) is 47.5 Å². The summed E-state index contributed by atoms with van der Waals surface area (Å²) in [4.78, 5) is 36.4. The van der Waals surface area contributed by atoms with E-state index in [1.54, 1.807) is 37.4 Å². The Morgan fingerprint density at radius 2 is 1.87 bits per heavy atom. The number of fused-ring (bicyclic) bond motifs is 7. The van der Waals surface area contributed by atoms with Gasteiger partial charge in [0.15, 0.2) is 6.61 Å². The van der Waals surface area contributed by atoms with Crippen molar-refractivity contribution in [2.75, 3.05) is 44.5 Å². The summed E-state index contributed by atoms with van der Waals surface area (Å²) in [5.41, 5.74) is 7.73. The lowest BCUT2D eigenvalue weighted by Gasteiger charge is -2.22. The van der Waals surface area contributed by atoms with Crippen LogP contribution in [0.4, 0.5) is 11.8 Å². The molecule has 0 radical (unpaired) electrons. The summed E-state index contributed by atoms with van der Waals surface area (Å²) in [6, 6.07) is 11.6. The number of rotatable bonds is 3. The Hall–Kier alpha value is -4.74. The topological polar surface area (TPSA) is 150 Å². The second-order valence-corrected chi connectivity index (χ2v) is 9.30. The maximum atomic E-state index is 13.4. The highest BCUT2D eigenvalue weighted by atomic mass is 16.5. The first kappa shape index (κ1) is 25.9. The van der Waals surface area contributed by atoms with E-state index in [9.17, 15) is 9.59 Å². The summed E-state index contributed by atoms with van der Waals surface area (Å²) in [7, 11) is 3.05. The molecule has 3 aromatic rings. The number of nitrogens with zero attached hydrogens (tertiary/aromatic N) is 3. The SMILES string of the molecule is COc1cc2cc(c1)C(=O)N[C@H]1CN(c3cc(C)nc(N)n3)C[C@@H]1Oc1ccc(c(OC)c1)CNC(=O)CO2. The van der Waals surface area contributed by atoms with Gasteiger partial charge in [-0.1, -0.05) is 0 Å². The average Bonchev–Trinajstić information content (AvgIpc) is 3.31. The molecule has 3 aliphatic heterocycles. The number of nitrogens with two attached hydrogens (primary N) is 1.